The van der Waals surface area contributed by atoms with Crippen LogP contribution in [0.25, 0.3) is 6.08 Å². The molecule has 3 rings (SSSR count). The van der Waals surface area contributed by atoms with Crippen LogP contribution in [0.5, 0.6) is 5.88 Å². The molecule has 2 aromatic heterocycles. The van der Waals surface area contributed by atoms with Crippen molar-refractivity contribution in [3.8, 4) is 5.88 Å². The highest BCUT2D eigenvalue weighted by Gasteiger charge is 2.23. The highest BCUT2D eigenvalue weighted by atomic mass is 16.5. The van der Waals surface area contributed by atoms with E-state index in [1.54, 1.807) is 24.5 Å². The first kappa shape index (κ1) is 16.2. The molecule has 0 N–H and O–H groups in total. The molecule has 6 heteroatoms. The molecule has 0 aromatic carbocycles. The second-order valence-electron chi connectivity index (χ2n) is 5.89. The fourth-order valence-electron chi connectivity index (χ4n) is 2.75. The number of hydrogen-bond donors (Lipinski definition) is 0. The first-order valence-corrected chi connectivity index (χ1v) is 8.09. The Morgan fingerprint density at radius 1 is 1.33 bits per heavy atom. The summed E-state index contributed by atoms with van der Waals surface area (Å²) in [6.45, 7) is 5.13. The highest BCUT2D eigenvalue weighted by molar-refractivity contribution is 5.91. The van der Waals surface area contributed by atoms with Gasteiger partial charge in [0, 0.05) is 43.8 Å². The van der Waals surface area contributed by atoms with Gasteiger partial charge in [0.05, 0.1) is 6.26 Å². The van der Waals surface area contributed by atoms with Crippen molar-refractivity contribution in [2.45, 2.75) is 32.8 Å². The van der Waals surface area contributed by atoms with Gasteiger partial charge in [0.2, 0.25) is 11.8 Å². The summed E-state index contributed by atoms with van der Waals surface area (Å²) in [5.41, 5.74) is 0.896. The van der Waals surface area contributed by atoms with Crippen molar-refractivity contribution in [3.05, 3.63) is 47.8 Å². The Morgan fingerprint density at radius 2 is 2.12 bits per heavy atom. The predicted octanol–water partition coefficient (Wildman–Crippen LogP) is 2.77. The van der Waals surface area contributed by atoms with E-state index in [4.69, 9.17) is 9.15 Å². The minimum atomic E-state index is -0.00132. The number of rotatable bonds is 4. The van der Waals surface area contributed by atoms with Gasteiger partial charge < -0.3 is 14.1 Å². The van der Waals surface area contributed by atoms with Crippen molar-refractivity contribution in [2.24, 2.45) is 0 Å². The van der Waals surface area contributed by atoms with Crippen molar-refractivity contribution in [1.82, 2.24) is 14.9 Å². The van der Waals surface area contributed by atoms with Crippen LogP contribution in [0, 0.1) is 13.8 Å². The van der Waals surface area contributed by atoms with E-state index in [2.05, 4.69) is 9.97 Å². The van der Waals surface area contributed by atoms with E-state index >= 15 is 0 Å². The van der Waals surface area contributed by atoms with Crippen molar-refractivity contribution < 1.29 is 13.9 Å². The number of aryl methyl sites for hydroxylation is 2. The van der Waals surface area contributed by atoms with Crippen LogP contribution in [-0.4, -0.2) is 40.0 Å². The van der Waals surface area contributed by atoms with Gasteiger partial charge in [-0.15, -0.1) is 0 Å². The standard InChI is InChI=1S/C18H21N3O3/c1-13-12-17(20-14(2)19-13)24-16-7-9-21(10-8-16)18(22)6-5-15-4-3-11-23-15/h3-6,11-12,16H,7-10H2,1-2H3/b6-5+. The van der Waals surface area contributed by atoms with Crippen LogP contribution in [0.2, 0.25) is 0 Å². The summed E-state index contributed by atoms with van der Waals surface area (Å²) in [6, 6.07) is 5.45. The Morgan fingerprint density at radius 3 is 2.79 bits per heavy atom. The fraction of sp³-hybridized carbons (Fsp3) is 0.389. The SMILES string of the molecule is Cc1cc(OC2CCN(C(=O)/C=C/c3ccco3)CC2)nc(C)n1. The van der Waals surface area contributed by atoms with Gasteiger partial charge in [-0.3, -0.25) is 4.79 Å². The molecule has 3 heterocycles. The van der Waals surface area contributed by atoms with Gasteiger partial charge in [0.1, 0.15) is 17.7 Å². The van der Waals surface area contributed by atoms with Crippen LogP contribution < -0.4 is 4.74 Å². The molecule has 1 saturated heterocycles. The van der Waals surface area contributed by atoms with E-state index in [9.17, 15) is 4.79 Å². The number of hydrogen-bond acceptors (Lipinski definition) is 5. The zero-order valence-electron chi connectivity index (χ0n) is 13.9. The summed E-state index contributed by atoms with van der Waals surface area (Å²) < 4.78 is 11.1. The fourth-order valence-corrected chi connectivity index (χ4v) is 2.75. The molecule has 1 aliphatic heterocycles. The molecule has 1 aliphatic rings. The zero-order valence-corrected chi connectivity index (χ0v) is 13.9. The highest BCUT2D eigenvalue weighted by Crippen LogP contribution is 2.18. The molecule has 1 fully saturated rings. The Bertz CT molecular complexity index is 697. The van der Waals surface area contributed by atoms with Crippen molar-refractivity contribution in [3.63, 3.8) is 0 Å². The number of likely N-dealkylation sites (tertiary alicyclic amines) is 1. The van der Waals surface area contributed by atoms with Gasteiger partial charge in [0.25, 0.3) is 0 Å². The van der Waals surface area contributed by atoms with Crippen LogP contribution in [-0.2, 0) is 4.79 Å². The number of piperidine rings is 1. The number of amides is 1. The first-order chi connectivity index (χ1) is 11.6. The molecule has 0 spiro atoms. The number of furan rings is 1. The average Bonchev–Trinajstić information content (AvgIpc) is 3.06. The third-order valence-corrected chi connectivity index (χ3v) is 3.92. The lowest BCUT2D eigenvalue weighted by molar-refractivity contribution is -0.127. The maximum atomic E-state index is 12.2. The Kier molecular flexibility index (Phi) is 4.93. The summed E-state index contributed by atoms with van der Waals surface area (Å²) in [7, 11) is 0. The Labute approximate surface area is 141 Å². The number of carbonyl (C=O) groups excluding carboxylic acids is 1. The van der Waals surface area contributed by atoms with Gasteiger partial charge in [-0.2, -0.15) is 4.98 Å². The second-order valence-corrected chi connectivity index (χ2v) is 5.89. The van der Waals surface area contributed by atoms with Crippen LogP contribution in [0.3, 0.4) is 0 Å². The minimum absolute atomic E-state index is 0.00132. The van der Waals surface area contributed by atoms with E-state index in [0.717, 1.165) is 18.5 Å². The molecule has 2 aromatic rings. The maximum Gasteiger partial charge on any atom is 0.246 e. The van der Waals surface area contributed by atoms with Gasteiger partial charge in [0.15, 0.2) is 0 Å². The molecule has 0 saturated carbocycles. The van der Waals surface area contributed by atoms with E-state index in [1.165, 1.54) is 0 Å². The van der Waals surface area contributed by atoms with E-state index in [-0.39, 0.29) is 12.0 Å². The van der Waals surface area contributed by atoms with Crippen molar-refractivity contribution in [2.75, 3.05) is 13.1 Å². The summed E-state index contributed by atoms with van der Waals surface area (Å²) in [6.07, 6.45) is 6.50. The van der Waals surface area contributed by atoms with Gasteiger partial charge in [-0.05, 0) is 32.1 Å². The third-order valence-electron chi connectivity index (χ3n) is 3.92. The largest absolute Gasteiger partial charge is 0.474 e. The molecular formula is C18H21N3O3. The number of ether oxygens (including phenoxy) is 1. The predicted molar refractivity (Wildman–Crippen MR) is 89.5 cm³/mol. The summed E-state index contributed by atoms with van der Waals surface area (Å²) in [5.74, 6) is 2.00. The topological polar surface area (TPSA) is 68.5 Å². The molecule has 0 radical (unpaired) electrons. The molecule has 0 atom stereocenters. The second kappa shape index (κ2) is 7.29. The van der Waals surface area contributed by atoms with E-state index in [1.807, 2.05) is 30.9 Å². The lowest BCUT2D eigenvalue weighted by atomic mass is 10.1. The molecule has 0 aliphatic carbocycles. The molecule has 6 nitrogen and oxygen atoms in total. The Hall–Kier alpha value is -2.63. The molecule has 24 heavy (non-hydrogen) atoms. The lowest BCUT2D eigenvalue weighted by Gasteiger charge is -2.31. The molecule has 0 unspecified atom stereocenters. The Balaban J connectivity index is 1.51. The maximum absolute atomic E-state index is 12.2. The third kappa shape index (κ3) is 4.22. The number of nitrogens with zero attached hydrogens (tertiary/aromatic N) is 3. The van der Waals surface area contributed by atoms with Gasteiger partial charge in [-0.1, -0.05) is 0 Å². The number of aromatic nitrogens is 2. The summed E-state index contributed by atoms with van der Waals surface area (Å²) >= 11 is 0. The average molecular weight is 327 g/mol. The molecule has 126 valence electrons. The number of carbonyl (C=O) groups is 1. The monoisotopic (exact) mass is 327 g/mol. The molecular weight excluding hydrogens is 306 g/mol. The summed E-state index contributed by atoms with van der Waals surface area (Å²) in [4.78, 5) is 22.6. The minimum Gasteiger partial charge on any atom is -0.474 e. The first-order valence-electron chi connectivity index (χ1n) is 8.09. The van der Waals surface area contributed by atoms with Crippen LogP contribution in [0.4, 0.5) is 0 Å². The lowest BCUT2D eigenvalue weighted by Crippen LogP contribution is -2.41. The smallest absolute Gasteiger partial charge is 0.246 e. The van der Waals surface area contributed by atoms with Gasteiger partial charge >= 0.3 is 0 Å². The molecule has 0 bridgehead atoms. The van der Waals surface area contributed by atoms with Crippen molar-refractivity contribution in [1.29, 1.82) is 0 Å². The van der Waals surface area contributed by atoms with E-state index in [0.29, 0.717) is 30.6 Å². The molecule has 1 amide bonds. The van der Waals surface area contributed by atoms with Gasteiger partial charge in [-0.25, -0.2) is 4.98 Å². The quantitative estimate of drug-likeness (QED) is 0.808. The zero-order chi connectivity index (χ0) is 16.9. The van der Waals surface area contributed by atoms with Crippen LogP contribution in [0.15, 0.2) is 35.0 Å². The van der Waals surface area contributed by atoms with Crippen LogP contribution in [0.1, 0.15) is 30.1 Å². The normalized spacial score (nSPS) is 15.8. The summed E-state index contributed by atoms with van der Waals surface area (Å²) in [5, 5.41) is 0. The van der Waals surface area contributed by atoms with Crippen LogP contribution >= 0.6 is 0 Å². The van der Waals surface area contributed by atoms with Crippen molar-refractivity contribution >= 4 is 12.0 Å². The van der Waals surface area contributed by atoms with E-state index < -0.39 is 0 Å².